The van der Waals surface area contributed by atoms with Crippen LogP contribution >= 0.6 is 11.8 Å². The minimum absolute atomic E-state index is 0.0467. The number of rotatable bonds is 6. The van der Waals surface area contributed by atoms with Crippen molar-refractivity contribution in [3.05, 3.63) is 74.3 Å². The number of aromatic nitrogens is 3. The van der Waals surface area contributed by atoms with E-state index in [0.717, 1.165) is 69.0 Å². The van der Waals surface area contributed by atoms with Gasteiger partial charge in [0, 0.05) is 43.3 Å². The summed E-state index contributed by atoms with van der Waals surface area (Å²) in [4.78, 5) is 47.0. The fourth-order valence-corrected chi connectivity index (χ4v) is 7.46. The topological polar surface area (TPSA) is 98.5 Å². The Kier molecular flexibility index (Phi) is 8.55. The number of hydrogen-bond donors (Lipinski definition) is 1. The average molecular weight is 582 g/mol. The summed E-state index contributed by atoms with van der Waals surface area (Å²) in [5, 5.41) is 3.31. The van der Waals surface area contributed by atoms with Crippen LogP contribution in [0, 0.1) is 5.82 Å². The van der Waals surface area contributed by atoms with Crippen molar-refractivity contribution in [1.82, 2.24) is 24.3 Å². The average Bonchev–Trinajstić information content (AvgIpc) is 3.00. The molecule has 11 heteroatoms. The summed E-state index contributed by atoms with van der Waals surface area (Å²) in [6.45, 7) is 4.02. The number of hydrogen-bond acceptors (Lipinski definition) is 7. The van der Waals surface area contributed by atoms with Gasteiger partial charge in [-0.25, -0.2) is 14.2 Å². The molecule has 3 aromatic rings. The van der Waals surface area contributed by atoms with E-state index in [2.05, 4.69) is 15.2 Å². The van der Waals surface area contributed by atoms with Gasteiger partial charge >= 0.3 is 5.69 Å². The zero-order valence-electron chi connectivity index (χ0n) is 23.1. The van der Waals surface area contributed by atoms with Gasteiger partial charge in [0.05, 0.1) is 24.8 Å². The predicted molar refractivity (Wildman–Crippen MR) is 157 cm³/mol. The lowest BCUT2D eigenvalue weighted by molar-refractivity contribution is 0.0342. The van der Waals surface area contributed by atoms with Gasteiger partial charge in [-0.05, 0) is 73.8 Å². The largest absolute Gasteiger partial charge is 0.379 e. The second-order valence-electron chi connectivity index (χ2n) is 11.3. The maximum Gasteiger partial charge on any atom is 0.333 e. The van der Waals surface area contributed by atoms with Crippen molar-refractivity contribution >= 4 is 28.7 Å². The molecule has 0 unspecified atom stereocenters. The molecule has 1 aliphatic carbocycles. The Morgan fingerprint density at radius 2 is 1.73 bits per heavy atom. The Morgan fingerprint density at radius 1 is 1.00 bits per heavy atom. The molecule has 1 amide bonds. The third-order valence-corrected chi connectivity index (χ3v) is 9.62. The molecule has 2 aromatic heterocycles. The SMILES string of the molecule is O=C(NC1CCC(n2c(=O)c3cc(F)cnc3n(C3CCSCC3)c2=O)CC1)c1cccc(CN2CCOCC2)c1. The second-order valence-corrected chi connectivity index (χ2v) is 12.5. The highest BCUT2D eigenvalue weighted by molar-refractivity contribution is 7.99. The number of ether oxygens (including phenoxy) is 1. The number of carbonyl (C=O) groups excluding carboxylic acids is 1. The smallest absolute Gasteiger partial charge is 0.333 e. The van der Waals surface area contributed by atoms with Crippen molar-refractivity contribution in [1.29, 1.82) is 0 Å². The fourth-order valence-electron chi connectivity index (χ4n) is 6.37. The van der Waals surface area contributed by atoms with Crippen LogP contribution in [0.1, 0.15) is 66.5 Å². The highest BCUT2D eigenvalue weighted by atomic mass is 32.2. The van der Waals surface area contributed by atoms with Gasteiger partial charge in [-0.3, -0.25) is 23.6 Å². The van der Waals surface area contributed by atoms with E-state index in [-0.39, 0.29) is 40.8 Å². The molecule has 1 saturated carbocycles. The molecule has 0 atom stereocenters. The molecule has 0 bridgehead atoms. The molecule has 2 saturated heterocycles. The first kappa shape index (κ1) is 28.1. The zero-order chi connectivity index (χ0) is 28.3. The minimum Gasteiger partial charge on any atom is -0.379 e. The molecule has 9 nitrogen and oxygen atoms in total. The van der Waals surface area contributed by atoms with E-state index >= 15 is 0 Å². The van der Waals surface area contributed by atoms with Gasteiger partial charge in [-0.2, -0.15) is 11.8 Å². The minimum atomic E-state index is -0.592. The van der Waals surface area contributed by atoms with Crippen LogP contribution in [0.4, 0.5) is 4.39 Å². The van der Waals surface area contributed by atoms with E-state index in [9.17, 15) is 18.8 Å². The first-order valence-corrected chi connectivity index (χ1v) is 15.7. The van der Waals surface area contributed by atoms with Gasteiger partial charge in [0.15, 0.2) is 0 Å². The molecule has 0 spiro atoms. The lowest BCUT2D eigenvalue weighted by atomic mass is 9.90. The van der Waals surface area contributed by atoms with Crippen LogP contribution in [-0.4, -0.2) is 68.8 Å². The molecule has 3 aliphatic rings. The van der Waals surface area contributed by atoms with Crippen molar-refractivity contribution in [2.45, 2.75) is 63.2 Å². The maximum absolute atomic E-state index is 14.2. The summed E-state index contributed by atoms with van der Waals surface area (Å²) in [7, 11) is 0. The molecule has 0 radical (unpaired) electrons. The predicted octanol–water partition coefficient (Wildman–Crippen LogP) is 3.51. The molecule has 4 heterocycles. The second kappa shape index (κ2) is 12.5. The summed E-state index contributed by atoms with van der Waals surface area (Å²) in [5.74, 6) is 1.16. The number of pyridine rings is 1. The highest BCUT2D eigenvalue weighted by Crippen LogP contribution is 2.30. The summed E-state index contributed by atoms with van der Waals surface area (Å²) >= 11 is 1.85. The molecule has 6 rings (SSSR count). The van der Waals surface area contributed by atoms with E-state index in [1.165, 1.54) is 10.6 Å². The molecule has 1 N–H and O–H groups in total. The third-order valence-electron chi connectivity index (χ3n) is 8.57. The number of thioether (sulfide) groups is 1. The zero-order valence-corrected chi connectivity index (χ0v) is 23.9. The number of carbonyl (C=O) groups is 1. The lowest BCUT2D eigenvalue weighted by Gasteiger charge is -2.31. The highest BCUT2D eigenvalue weighted by Gasteiger charge is 2.30. The van der Waals surface area contributed by atoms with Crippen LogP contribution in [0.5, 0.6) is 0 Å². The van der Waals surface area contributed by atoms with Gasteiger partial charge in [0.1, 0.15) is 11.5 Å². The molecule has 1 aromatic carbocycles. The van der Waals surface area contributed by atoms with Crippen molar-refractivity contribution in [2.24, 2.45) is 0 Å². The van der Waals surface area contributed by atoms with Gasteiger partial charge < -0.3 is 10.1 Å². The standard InChI is InChI=1S/C30H36FN5O4S/c31-22-17-26-27(32-18-22)35(25-8-14-41-15-9-25)30(39)36(29(26)38)24-6-4-23(5-7-24)33-28(37)21-3-1-2-20(16-21)19-34-10-12-40-13-11-34/h1-3,16-18,23-25H,4-15,19H2,(H,33,37). The van der Waals surface area contributed by atoms with Crippen molar-refractivity contribution in [2.75, 3.05) is 37.8 Å². The summed E-state index contributed by atoms with van der Waals surface area (Å²) in [5.41, 5.74) is 1.15. The van der Waals surface area contributed by atoms with Crippen molar-refractivity contribution in [3.8, 4) is 0 Å². The molecule has 41 heavy (non-hydrogen) atoms. The van der Waals surface area contributed by atoms with E-state index in [4.69, 9.17) is 4.74 Å². The molecule has 3 fully saturated rings. The van der Waals surface area contributed by atoms with Gasteiger partial charge in [0.2, 0.25) is 0 Å². The third kappa shape index (κ3) is 6.12. The quantitative estimate of drug-likeness (QED) is 0.476. The number of benzene rings is 1. The normalized spacial score (nSPS) is 22.6. The van der Waals surface area contributed by atoms with Gasteiger partial charge in [-0.15, -0.1) is 0 Å². The van der Waals surface area contributed by atoms with Crippen LogP contribution in [0.3, 0.4) is 0 Å². The maximum atomic E-state index is 14.2. The van der Waals surface area contributed by atoms with Gasteiger partial charge in [0.25, 0.3) is 11.5 Å². The van der Waals surface area contributed by atoms with Gasteiger partial charge in [-0.1, -0.05) is 12.1 Å². The van der Waals surface area contributed by atoms with E-state index in [0.29, 0.717) is 31.2 Å². The van der Waals surface area contributed by atoms with E-state index in [1.54, 1.807) is 4.57 Å². The van der Waals surface area contributed by atoms with Crippen LogP contribution in [0.25, 0.3) is 11.0 Å². The summed E-state index contributed by atoms with van der Waals surface area (Å²) < 4.78 is 22.6. The number of morpholine rings is 1. The number of fused-ring (bicyclic) bond motifs is 1. The molecule has 218 valence electrons. The van der Waals surface area contributed by atoms with E-state index in [1.807, 2.05) is 36.0 Å². The Hall–Kier alpha value is -3.02. The van der Waals surface area contributed by atoms with Crippen LogP contribution in [0.15, 0.2) is 46.1 Å². The Bertz CT molecular complexity index is 1520. The van der Waals surface area contributed by atoms with Crippen LogP contribution in [-0.2, 0) is 11.3 Å². The first-order chi connectivity index (χ1) is 20.0. The molecular weight excluding hydrogens is 545 g/mol. The lowest BCUT2D eigenvalue weighted by Crippen LogP contribution is -2.46. The summed E-state index contributed by atoms with van der Waals surface area (Å²) in [6, 6.07) is 8.52. The van der Waals surface area contributed by atoms with Crippen molar-refractivity contribution in [3.63, 3.8) is 0 Å². The first-order valence-electron chi connectivity index (χ1n) is 14.6. The van der Waals surface area contributed by atoms with E-state index < -0.39 is 11.4 Å². The Morgan fingerprint density at radius 3 is 2.49 bits per heavy atom. The monoisotopic (exact) mass is 581 g/mol. The summed E-state index contributed by atoms with van der Waals surface area (Å²) in [6.07, 6.45) is 5.14. The Labute approximate surface area is 242 Å². The van der Waals surface area contributed by atoms with Crippen LogP contribution in [0.2, 0.25) is 0 Å². The number of nitrogens with zero attached hydrogens (tertiary/aromatic N) is 4. The number of halogens is 1. The molecule has 2 aliphatic heterocycles. The van der Waals surface area contributed by atoms with Crippen LogP contribution < -0.4 is 16.6 Å². The Balaban J connectivity index is 1.17. The molecular formula is C30H36FN5O4S. The number of nitrogens with one attached hydrogen (secondary N) is 1. The van der Waals surface area contributed by atoms with Crippen molar-refractivity contribution < 1.29 is 13.9 Å². The fraction of sp³-hybridized carbons (Fsp3) is 0.533. The number of amides is 1.